The molecule has 3 N–H and O–H groups in total. The van der Waals surface area contributed by atoms with Gasteiger partial charge in [0.25, 0.3) is 0 Å². The lowest BCUT2D eigenvalue weighted by Gasteiger charge is -2.29. The van der Waals surface area contributed by atoms with Crippen molar-refractivity contribution in [3.05, 3.63) is 23.9 Å². The van der Waals surface area contributed by atoms with Crippen LogP contribution in [0.2, 0.25) is 0 Å². The van der Waals surface area contributed by atoms with Gasteiger partial charge in [-0.1, -0.05) is 18.6 Å². The molecule has 1 heterocycles. The summed E-state index contributed by atoms with van der Waals surface area (Å²) >= 11 is 5.09. The van der Waals surface area contributed by atoms with Gasteiger partial charge in [-0.15, -0.1) is 0 Å². The second kappa shape index (κ2) is 5.08. The number of nitrogens with two attached hydrogens (primary N) is 1. The molecule has 0 saturated heterocycles. The van der Waals surface area contributed by atoms with E-state index in [0.717, 1.165) is 29.1 Å². The number of hydrogen-bond donors (Lipinski definition) is 2. The van der Waals surface area contributed by atoms with Gasteiger partial charge in [0.1, 0.15) is 10.8 Å². The van der Waals surface area contributed by atoms with E-state index in [0.29, 0.717) is 11.0 Å². The first-order chi connectivity index (χ1) is 9.15. The lowest BCUT2D eigenvalue weighted by Crippen LogP contribution is -2.31. The molecule has 4 heteroatoms. The zero-order valence-corrected chi connectivity index (χ0v) is 12.1. The third-order valence-corrected chi connectivity index (χ3v) is 5.09. The third kappa shape index (κ3) is 2.46. The van der Waals surface area contributed by atoms with E-state index >= 15 is 0 Å². The van der Waals surface area contributed by atoms with Gasteiger partial charge in [-0.05, 0) is 56.1 Å². The number of hydrogen-bond acceptors (Lipinski definition) is 3. The van der Waals surface area contributed by atoms with Crippen LogP contribution >= 0.6 is 12.2 Å². The highest BCUT2D eigenvalue weighted by molar-refractivity contribution is 7.80. The Morgan fingerprint density at radius 2 is 2.32 bits per heavy atom. The molecule has 1 aromatic heterocycles. The second-order valence-corrected chi connectivity index (χ2v) is 6.48. The SMILES string of the molecule is CC(Nc1ncccc1C(N)=S)C1CC2CCC1C2. The van der Waals surface area contributed by atoms with Gasteiger partial charge in [0.15, 0.2) is 0 Å². The van der Waals surface area contributed by atoms with E-state index in [1.165, 1.54) is 25.7 Å². The third-order valence-electron chi connectivity index (χ3n) is 4.87. The fourth-order valence-electron chi connectivity index (χ4n) is 3.95. The van der Waals surface area contributed by atoms with Crippen LogP contribution in [-0.2, 0) is 0 Å². The molecule has 2 saturated carbocycles. The Labute approximate surface area is 120 Å². The highest BCUT2D eigenvalue weighted by Crippen LogP contribution is 2.49. The van der Waals surface area contributed by atoms with Gasteiger partial charge in [-0.2, -0.15) is 0 Å². The Morgan fingerprint density at radius 3 is 2.95 bits per heavy atom. The molecule has 2 fully saturated rings. The minimum Gasteiger partial charge on any atom is -0.389 e. The van der Waals surface area contributed by atoms with Gasteiger partial charge in [0.2, 0.25) is 0 Å². The number of nitrogens with zero attached hydrogens (tertiary/aromatic N) is 1. The Balaban J connectivity index is 1.73. The van der Waals surface area contributed by atoms with Crippen molar-refractivity contribution in [2.75, 3.05) is 5.32 Å². The lowest BCUT2D eigenvalue weighted by atomic mass is 9.84. The van der Waals surface area contributed by atoms with Crippen molar-refractivity contribution in [3.8, 4) is 0 Å². The molecule has 0 amide bonds. The maximum absolute atomic E-state index is 5.76. The molecule has 0 spiro atoms. The standard InChI is InChI=1S/C15H21N3S/c1-9(13-8-10-4-5-11(13)7-10)18-15-12(14(16)19)3-2-6-17-15/h2-3,6,9-11,13H,4-5,7-8H2,1H3,(H2,16,19)(H,17,18). The Kier molecular flexibility index (Phi) is 3.44. The minimum atomic E-state index is 0.413. The summed E-state index contributed by atoms with van der Waals surface area (Å²) < 4.78 is 0. The van der Waals surface area contributed by atoms with Crippen LogP contribution in [0.4, 0.5) is 5.82 Å². The Bertz CT molecular complexity index is 488. The highest BCUT2D eigenvalue weighted by Gasteiger charge is 2.41. The quantitative estimate of drug-likeness (QED) is 0.830. The maximum atomic E-state index is 5.76. The van der Waals surface area contributed by atoms with E-state index in [9.17, 15) is 0 Å². The monoisotopic (exact) mass is 275 g/mol. The van der Waals surface area contributed by atoms with Crippen molar-refractivity contribution in [2.45, 2.75) is 38.6 Å². The topological polar surface area (TPSA) is 50.9 Å². The molecule has 3 rings (SSSR count). The summed E-state index contributed by atoms with van der Waals surface area (Å²) in [7, 11) is 0. The Morgan fingerprint density at radius 1 is 1.47 bits per heavy atom. The predicted molar refractivity (Wildman–Crippen MR) is 82.1 cm³/mol. The molecule has 2 bridgehead atoms. The number of aromatic nitrogens is 1. The van der Waals surface area contributed by atoms with Gasteiger partial charge in [-0.25, -0.2) is 4.98 Å². The normalized spacial score (nSPS) is 30.3. The summed E-state index contributed by atoms with van der Waals surface area (Å²) in [6, 6.07) is 4.26. The summed E-state index contributed by atoms with van der Waals surface area (Å²) in [5.74, 6) is 3.49. The van der Waals surface area contributed by atoms with Crippen LogP contribution in [-0.4, -0.2) is 16.0 Å². The van der Waals surface area contributed by atoms with E-state index in [4.69, 9.17) is 18.0 Å². The van der Waals surface area contributed by atoms with Crippen molar-refractivity contribution in [3.63, 3.8) is 0 Å². The predicted octanol–water partition coefficient (Wildman–Crippen LogP) is 2.95. The molecular formula is C15H21N3S. The van der Waals surface area contributed by atoms with Gasteiger partial charge in [0.05, 0.1) is 5.56 Å². The molecule has 0 radical (unpaired) electrons. The van der Waals surface area contributed by atoms with Crippen LogP contribution in [0.3, 0.4) is 0 Å². The van der Waals surface area contributed by atoms with E-state index < -0.39 is 0 Å². The summed E-state index contributed by atoms with van der Waals surface area (Å²) in [6.07, 6.45) is 7.44. The largest absolute Gasteiger partial charge is 0.389 e. The molecule has 4 atom stereocenters. The van der Waals surface area contributed by atoms with Crippen molar-refractivity contribution in [2.24, 2.45) is 23.5 Å². The van der Waals surface area contributed by atoms with Crippen molar-refractivity contribution >= 4 is 23.0 Å². The van der Waals surface area contributed by atoms with E-state index in [1.807, 2.05) is 12.1 Å². The second-order valence-electron chi connectivity index (χ2n) is 6.04. The molecule has 4 unspecified atom stereocenters. The molecule has 1 aromatic rings. The molecule has 2 aliphatic rings. The van der Waals surface area contributed by atoms with Gasteiger partial charge in [0, 0.05) is 12.2 Å². The average molecular weight is 275 g/mol. The summed E-state index contributed by atoms with van der Waals surface area (Å²) in [5, 5.41) is 3.54. The summed E-state index contributed by atoms with van der Waals surface area (Å²) in [5.41, 5.74) is 6.61. The first-order valence-electron chi connectivity index (χ1n) is 7.16. The lowest BCUT2D eigenvalue weighted by molar-refractivity contribution is 0.304. The van der Waals surface area contributed by atoms with E-state index in [2.05, 4.69) is 17.2 Å². The van der Waals surface area contributed by atoms with Crippen LogP contribution < -0.4 is 11.1 Å². The molecule has 3 nitrogen and oxygen atoms in total. The fourth-order valence-corrected chi connectivity index (χ4v) is 4.11. The average Bonchev–Trinajstić information content (AvgIpc) is 3.01. The van der Waals surface area contributed by atoms with Crippen LogP contribution in [0.5, 0.6) is 0 Å². The zero-order valence-electron chi connectivity index (χ0n) is 11.3. The smallest absolute Gasteiger partial charge is 0.136 e. The zero-order chi connectivity index (χ0) is 13.4. The summed E-state index contributed by atoms with van der Waals surface area (Å²) in [4.78, 5) is 4.81. The first-order valence-corrected chi connectivity index (χ1v) is 7.57. The number of rotatable bonds is 4. The van der Waals surface area contributed by atoms with Crippen LogP contribution in [0, 0.1) is 17.8 Å². The van der Waals surface area contributed by atoms with Gasteiger partial charge >= 0.3 is 0 Å². The molecule has 2 aliphatic carbocycles. The van der Waals surface area contributed by atoms with Crippen molar-refractivity contribution < 1.29 is 0 Å². The number of thiocarbonyl (C=S) groups is 1. The maximum Gasteiger partial charge on any atom is 0.136 e. The molecule has 0 aliphatic heterocycles. The van der Waals surface area contributed by atoms with Crippen molar-refractivity contribution in [1.29, 1.82) is 0 Å². The van der Waals surface area contributed by atoms with Crippen LogP contribution in [0.25, 0.3) is 0 Å². The van der Waals surface area contributed by atoms with Gasteiger partial charge < -0.3 is 11.1 Å². The van der Waals surface area contributed by atoms with Crippen LogP contribution in [0.1, 0.15) is 38.2 Å². The van der Waals surface area contributed by atoms with E-state index in [1.54, 1.807) is 6.20 Å². The number of nitrogens with one attached hydrogen (secondary N) is 1. The molecule has 0 aromatic carbocycles. The van der Waals surface area contributed by atoms with Crippen molar-refractivity contribution in [1.82, 2.24) is 4.98 Å². The molecular weight excluding hydrogens is 254 g/mol. The molecule has 19 heavy (non-hydrogen) atoms. The minimum absolute atomic E-state index is 0.413. The molecule has 102 valence electrons. The fraction of sp³-hybridized carbons (Fsp3) is 0.600. The van der Waals surface area contributed by atoms with E-state index in [-0.39, 0.29) is 0 Å². The highest BCUT2D eigenvalue weighted by atomic mass is 32.1. The summed E-state index contributed by atoms with van der Waals surface area (Å²) in [6.45, 7) is 2.27. The number of fused-ring (bicyclic) bond motifs is 2. The number of anilines is 1. The first kappa shape index (κ1) is 12.9. The number of pyridine rings is 1. The van der Waals surface area contributed by atoms with Gasteiger partial charge in [-0.3, -0.25) is 0 Å². The Hall–Kier alpha value is -1.16. The van der Waals surface area contributed by atoms with Crippen LogP contribution in [0.15, 0.2) is 18.3 Å².